The summed E-state index contributed by atoms with van der Waals surface area (Å²) in [5, 5.41) is 6.28. The number of amides is 1. The molecule has 2 rings (SSSR count). The molecular weight excluding hydrogens is 356 g/mol. The SMILES string of the molecule is COc1ccc(OC)c(NC(=O)CC(C)NC(C)COc2cccc(C)c2)c1. The van der Waals surface area contributed by atoms with Crippen molar-refractivity contribution in [2.75, 3.05) is 26.1 Å². The molecular formula is C22H30N2O4. The topological polar surface area (TPSA) is 68.8 Å². The van der Waals surface area contributed by atoms with E-state index in [0.29, 0.717) is 30.2 Å². The second kappa shape index (κ2) is 10.6. The first kappa shape index (κ1) is 21.6. The lowest BCUT2D eigenvalue weighted by Crippen LogP contribution is -2.40. The lowest BCUT2D eigenvalue weighted by molar-refractivity contribution is -0.116. The number of aryl methyl sites for hydroxylation is 1. The Balaban J connectivity index is 1.82. The van der Waals surface area contributed by atoms with E-state index in [1.165, 1.54) is 0 Å². The Kier molecular flexibility index (Phi) is 8.14. The standard InChI is InChI=1S/C22H30N2O4/c1-15-7-6-8-19(11-15)28-14-17(3)23-16(2)12-22(25)24-20-13-18(26-4)9-10-21(20)27-5/h6-11,13,16-17,23H,12,14H2,1-5H3,(H,24,25). The van der Waals surface area contributed by atoms with Crippen molar-refractivity contribution in [1.82, 2.24) is 5.32 Å². The summed E-state index contributed by atoms with van der Waals surface area (Å²) in [5.41, 5.74) is 1.76. The van der Waals surface area contributed by atoms with Gasteiger partial charge in [-0.1, -0.05) is 12.1 Å². The van der Waals surface area contributed by atoms with E-state index in [-0.39, 0.29) is 18.0 Å². The predicted molar refractivity (Wildman–Crippen MR) is 112 cm³/mol. The van der Waals surface area contributed by atoms with Crippen molar-refractivity contribution >= 4 is 11.6 Å². The minimum atomic E-state index is -0.0987. The van der Waals surface area contributed by atoms with E-state index in [1.807, 2.05) is 45.0 Å². The molecule has 0 aliphatic carbocycles. The number of ether oxygens (including phenoxy) is 3. The molecule has 0 aliphatic rings. The Morgan fingerprint density at radius 2 is 1.79 bits per heavy atom. The fraction of sp³-hybridized carbons (Fsp3) is 0.409. The first-order valence-corrected chi connectivity index (χ1v) is 9.38. The molecule has 0 fully saturated rings. The van der Waals surface area contributed by atoms with Gasteiger partial charge in [0.05, 0.1) is 19.9 Å². The van der Waals surface area contributed by atoms with E-state index in [0.717, 1.165) is 11.3 Å². The molecule has 0 spiro atoms. The highest BCUT2D eigenvalue weighted by atomic mass is 16.5. The Morgan fingerprint density at radius 3 is 2.46 bits per heavy atom. The van der Waals surface area contributed by atoms with Crippen LogP contribution in [0.15, 0.2) is 42.5 Å². The molecule has 1 amide bonds. The molecule has 6 heteroatoms. The summed E-state index contributed by atoms with van der Waals surface area (Å²) < 4.78 is 16.3. The second-order valence-electron chi connectivity index (χ2n) is 6.91. The quantitative estimate of drug-likeness (QED) is 0.650. The summed E-state index contributed by atoms with van der Waals surface area (Å²) in [5.74, 6) is 2.00. The van der Waals surface area contributed by atoms with Gasteiger partial charge in [-0.05, 0) is 50.6 Å². The number of rotatable bonds is 10. The van der Waals surface area contributed by atoms with Gasteiger partial charge in [-0.25, -0.2) is 0 Å². The van der Waals surface area contributed by atoms with Crippen molar-refractivity contribution < 1.29 is 19.0 Å². The van der Waals surface area contributed by atoms with E-state index >= 15 is 0 Å². The lowest BCUT2D eigenvalue weighted by Gasteiger charge is -2.20. The molecule has 0 radical (unpaired) electrons. The Bertz CT molecular complexity index is 779. The average Bonchev–Trinajstić information content (AvgIpc) is 2.66. The van der Waals surface area contributed by atoms with E-state index < -0.39 is 0 Å². The molecule has 0 saturated carbocycles. The van der Waals surface area contributed by atoms with Crippen LogP contribution in [-0.2, 0) is 4.79 Å². The van der Waals surface area contributed by atoms with Crippen LogP contribution < -0.4 is 24.8 Å². The van der Waals surface area contributed by atoms with Gasteiger partial charge in [-0.15, -0.1) is 0 Å². The molecule has 2 N–H and O–H groups in total. The molecule has 2 aromatic rings. The maximum atomic E-state index is 12.4. The maximum absolute atomic E-state index is 12.4. The smallest absolute Gasteiger partial charge is 0.226 e. The van der Waals surface area contributed by atoms with Crippen molar-refractivity contribution in [2.24, 2.45) is 0 Å². The molecule has 0 heterocycles. The van der Waals surface area contributed by atoms with Gasteiger partial charge in [0, 0.05) is 24.6 Å². The number of methoxy groups -OCH3 is 2. The zero-order valence-electron chi connectivity index (χ0n) is 17.2. The van der Waals surface area contributed by atoms with Gasteiger partial charge in [0.2, 0.25) is 5.91 Å². The van der Waals surface area contributed by atoms with Crippen molar-refractivity contribution in [3.8, 4) is 17.2 Å². The second-order valence-corrected chi connectivity index (χ2v) is 6.91. The van der Waals surface area contributed by atoms with Crippen molar-refractivity contribution in [1.29, 1.82) is 0 Å². The first-order chi connectivity index (χ1) is 13.4. The number of anilines is 1. The molecule has 0 aliphatic heterocycles. The van der Waals surface area contributed by atoms with Crippen LogP contribution in [0.2, 0.25) is 0 Å². The number of nitrogens with one attached hydrogen (secondary N) is 2. The summed E-state index contributed by atoms with van der Waals surface area (Å²) in [6.45, 7) is 6.58. The van der Waals surface area contributed by atoms with Crippen LogP contribution in [-0.4, -0.2) is 38.8 Å². The maximum Gasteiger partial charge on any atom is 0.226 e. The normalized spacial score (nSPS) is 12.8. The zero-order chi connectivity index (χ0) is 20.5. The van der Waals surface area contributed by atoms with Gasteiger partial charge >= 0.3 is 0 Å². The van der Waals surface area contributed by atoms with E-state index in [1.54, 1.807) is 32.4 Å². The number of benzene rings is 2. The van der Waals surface area contributed by atoms with Gasteiger partial charge in [0.15, 0.2) is 0 Å². The van der Waals surface area contributed by atoms with Gasteiger partial charge in [-0.3, -0.25) is 4.79 Å². The molecule has 152 valence electrons. The van der Waals surface area contributed by atoms with E-state index in [2.05, 4.69) is 10.6 Å². The first-order valence-electron chi connectivity index (χ1n) is 9.38. The van der Waals surface area contributed by atoms with Crippen LogP contribution in [0.3, 0.4) is 0 Å². The fourth-order valence-corrected chi connectivity index (χ4v) is 2.91. The van der Waals surface area contributed by atoms with E-state index in [9.17, 15) is 4.79 Å². The summed E-state index contributed by atoms with van der Waals surface area (Å²) in [6, 6.07) is 13.4. The van der Waals surface area contributed by atoms with Crippen LogP contribution in [0.25, 0.3) is 0 Å². The van der Waals surface area contributed by atoms with Crippen LogP contribution in [0.4, 0.5) is 5.69 Å². The van der Waals surface area contributed by atoms with Gasteiger partial charge in [-0.2, -0.15) is 0 Å². The molecule has 2 aromatic carbocycles. The summed E-state index contributed by atoms with van der Waals surface area (Å²) in [7, 11) is 3.15. The van der Waals surface area contributed by atoms with Crippen LogP contribution in [0, 0.1) is 6.92 Å². The predicted octanol–water partition coefficient (Wildman–Crippen LogP) is 3.79. The van der Waals surface area contributed by atoms with Crippen LogP contribution in [0.5, 0.6) is 17.2 Å². The van der Waals surface area contributed by atoms with Crippen LogP contribution in [0.1, 0.15) is 25.8 Å². The zero-order valence-corrected chi connectivity index (χ0v) is 17.2. The van der Waals surface area contributed by atoms with Gasteiger partial charge in [0.25, 0.3) is 0 Å². The minimum Gasteiger partial charge on any atom is -0.497 e. The molecule has 2 atom stereocenters. The Hall–Kier alpha value is -2.73. The Morgan fingerprint density at radius 1 is 1.00 bits per heavy atom. The monoisotopic (exact) mass is 386 g/mol. The third-order valence-electron chi connectivity index (χ3n) is 4.23. The summed E-state index contributed by atoms with van der Waals surface area (Å²) >= 11 is 0. The number of hydrogen-bond acceptors (Lipinski definition) is 5. The van der Waals surface area contributed by atoms with Gasteiger partial charge in [0.1, 0.15) is 23.9 Å². The van der Waals surface area contributed by atoms with Crippen LogP contribution >= 0.6 is 0 Å². The number of carbonyl (C=O) groups is 1. The largest absolute Gasteiger partial charge is 0.497 e. The highest BCUT2D eigenvalue weighted by Gasteiger charge is 2.14. The molecule has 0 aromatic heterocycles. The van der Waals surface area contributed by atoms with Crippen molar-refractivity contribution in [3.63, 3.8) is 0 Å². The summed E-state index contributed by atoms with van der Waals surface area (Å²) in [6.07, 6.45) is 0.329. The molecule has 0 bridgehead atoms. The molecule has 2 unspecified atom stereocenters. The third-order valence-corrected chi connectivity index (χ3v) is 4.23. The van der Waals surface area contributed by atoms with Crippen molar-refractivity contribution in [2.45, 2.75) is 39.3 Å². The molecule has 0 saturated heterocycles. The molecule has 28 heavy (non-hydrogen) atoms. The summed E-state index contributed by atoms with van der Waals surface area (Å²) in [4.78, 5) is 12.4. The molecule has 6 nitrogen and oxygen atoms in total. The van der Waals surface area contributed by atoms with Crippen molar-refractivity contribution in [3.05, 3.63) is 48.0 Å². The van der Waals surface area contributed by atoms with Gasteiger partial charge < -0.3 is 24.8 Å². The average molecular weight is 386 g/mol. The lowest BCUT2D eigenvalue weighted by atomic mass is 10.2. The fourth-order valence-electron chi connectivity index (χ4n) is 2.91. The number of carbonyl (C=O) groups excluding carboxylic acids is 1. The van der Waals surface area contributed by atoms with E-state index in [4.69, 9.17) is 14.2 Å². The Labute approximate surface area is 167 Å². The third kappa shape index (κ3) is 6.78. The number of hydrogen-bond donors (Lipinski definition) is 2. The highest BCUT2D eigenvalue weighted by molar-refractivity contribution is 5.92. The highest BCUT2D eigenvalue weighted by Crippen LogP contribution is 2.29. The minimum absolute atomic E-state index is 0.00675.